The number of amides is 1. The molecule has 1 heterocycles. The molecule has 2 atom stereocenters. The number of nitrogens with two attached hydrogens (primary N) is 1. The Hall–Kier alpha value is -1.13. The molecule has 2 N–H and O–H groups in total. The number of nitrogens with zero attached hydrogens (tertiary/aromatic N) is 1. The molecule has 1 aromatic rings. The van der Waals surface area contributed by atoms with Crippen LogP contribution in [0.3, 0.4) is 0 Å². The second-order valence-electron chi connectivity index (χ2n) is 7.21. The lowest BCUT2D eigenvalue weighted by molar-refractivity contribution is -0.125. The number of carbonyl (C=O) groups excluding carboxylic acids is 1. The van der Waals surface area contributed by atoms with Gasteiger partial charge in [0.05, 0.1) is 0 Å². The highest BCUT2D eigenvalue weighted by atomic mass is 35.5. The Morgan fingerprint density at radius 2 is 1.91 bits per heavy atom. The maximum atomic E-state index is 13.5. The fourth-order valence-corrected chi connectivity index (χ4v) is 4.79. The molecular weight excluding hydrogens is 315 g/mol. The summed E-state index contributed by atoms with van der Waals surface area (Å²) < 4.78 is 13.5. The summed E-state index contributed by atoms with van der Waals surface area (Å²) in [6.07, 6.45) is 6.23. The second-order valence-corrected chi connectivity index (χ2v) is 7.21. The molecular formula is C18H24ClFN2O. The van der Waals surface area contributed by atoms with Gasteiger partial charge in [-0.3, -0.25) is 4.79 Å². The van der Waals surface area contributed by atoms with E-state index in [-0.39, 0.29) is 36.1 Å². The third-order valence-corrected chi connectivity index (χ3v) is 5.97. The van der Waals surface area contributed by atoms with Crippen molar-refractivity contribution < 1.29 is 9.18 Å². The van der Waals surface area contributed by atoms with E-state index in [0.29, 0.717) is 18.4 Å². The highest BCUT2D eigenvalue weighted by Crippen LogP contribution is 2.43. The first kappa shape index (κ1) is 16.7. The van der Waals surface area contributed by atoms with E-state index >= 15 is 0 Å². The number of benzene rings is 1. The first-order chi connectivity index (χ1) is 10.6. The number of anilines is 1. The van der Waals surface area contributed by atoms with Crippen molar-refractivity contribution in [3.05, 3.63) is 29.6 Å². The van der Waals surface area contributed by atoms with Gasteiger partial charge in [-0.25, -0.2) is 4.39 Å². The van der Waals surface area contributed by atoms with Gasteiger partial charge in [-0.1, -0.05) is 12.5 Å². The number of hydrogen-bond donors (Lipinski definition) is 1. The summed E-state index contributed by atoms with van der Waals surface area (Å²) in [5.41, 5.74) is 8.19. The molecule has 2 aliphatic carbocycles. The van der Waals surface area contributed by atoms with Gasteiger partial charge < -0.3 is 10.6 Å². The molecule has 4 rings (SSSR count). The molecule has 2 bridgehead atoms. The molecule has 3 nitrogen and oxygen atoms in total. The van der Waals surface area contributed by atoms with E-state index in [1.54, 1.807) is 0 Å². The molecule has 3 aliphatic rings. The van der Waals surface area contributed by atoms with Crippen LogP contribution in [0, 0.1) is 23.6 Å². The van der Waals surface area contributed by atoms with Gasteiger partial charge in [0.2, 0.25) is 5.91 Å². The predicted molar refractivity (Wildman–Crippen MR) is 91.2 cm³/mol. The number of fused-ring (bicyclic) bond motifs is 3. The van der Waals surface area contributed by atoms with Gasteiger partial charge in [0.15, 0.2) is 0 Å². The van der Waals surface area contributed by atoms with Gasteiger partial charge >= 0.3 is 0 Å². The molecule has 1 aliphatic heterocycles. The van der Waals surface area contributed by atoms with Crippen molar-refractivity contribution in [2.45, 2.75) is 44.6 Å². The van der Waals surface area contributed by atoms with Crippen LogP contribution in [0.25, 0.3) is 0 Å². The first-order valence-electron chi connectivity index (χ1n) is 8.49. The van der Waals surface area contributed by atoms with Crippen LogP contribution in [0.15, 0.2) is 18.2 Å². The van der Waals surface area contributed by atoms with Gasteiger partial charge in [0.25, 0.3) is 0 Å². The van der Waals surface area contributed by atoms with Crippen molar-refractivity contribution >= 4 is 24.0 Å². The summed E-state index contributed by atoms with van der Waals surface area (Å²) in [7, 11) is 0. The fourth-order valence-electron chi connectivity index (χ4n) is 4.79. The highest BCUT2D eigenvalue weighted by Gasteiger charge is 2.42. The van der Waals surface area contributed by atoms with E-state index in [9.17, 15) is 9.18 Å². The molecule has 0 aromatic heterocycles. The number of rotatable bonds is 1. The Bertz CT molecular complexity index is 595. The Labute approximate surface area is 142 Å². The third kappa shape index (κ3) is 2.87. The molecule has 23 heavy (non-hydrogen) atoms. The minimum absolute atomic E-state index is 0. The molecule has 0 spiro atoms. The molecule has 1 aromatic carbocycles. The average molecular weight is 339 g/mol. The minimum Gasteiger partial charge on any atom is -0.327 e. The van der Waals surface area contributed by atoms with Crippen molar-refractivity contribution in [2.75, 3.05) is 11.4 Å². The van der Waals surface area contributed by atoms with E-state index < -0.39 is 0 Å². The largest absolute Gasteiger partial charge is 0.327 e. The lowest BCUT2D eigenvalue weighted by Crippen LogP contribution is -2.49. The fraction of sp³-hybridized carbons (Fsp3) is 0.611. The van der Waals surface area contributed by atoms with E-state index in [0.717, 1.165) is 43.4 Å². The zero-order valence-corrected chi connectivity index (χ0v) is 14.0. The van der Waals surface area contributed by atoms with Crippen LogP contribution < -0.4 is 10.6 Å². The molecule has 2 fully saturated rings. The van der Waals surface area contributed by atoms with E-state index in [1.807, 2.05) is 11.0 Å². The normalized spacial score (nSPS) is 32.2. The summed E-state index contributed by atoms with van der Waals surface area (Å²) in [6, 6.07) is 5.08. The van der Waals surface area contributed by atoms with Crippen LogP contribution in [0.2, 0.25) is 0 Å². The topological polar surface area (TPSA) is 46.3 Å². The molecule has 1 amide bonds. The Balaban J connectivity index is 0.00000156. The molecule has 2 saturated carbocycles. The van der Waals surface area contributed by atoms with Crippen LogP contribution in [0.4, 0.5) is 10.1 Å². The van der Waals surface area contributed by atoms with Gasteiger partial charge in [0.1, 0.15) is 5.82 Å². The zero-order valence-electron chi connectivity index (χ0n) is 13.2. The van der Waals surface area contributed by atoms with E-state index in [2.05, 4.69) is 0 Å². The van der Waals surface area contributed by atoms with Crippen molar-refractivity contribution in [2.24, 2.45) is 23.5 Å². The standard InChI is InChI=1S/C18H23FN2O.ClH/c19-15-5-4-11-6-7-21(16(11)10-15)18(22)14-8-12-2-1-3-13(9-14)17(12)20;/h4-5,10,12-14,17H,1-3,6-9,20H2;1H. The lowest BCUT2D eigenvalue weighted by Gasteiger charge is -2.44. The lowest BCUT2D eigenvalue weighted by atomic mass is 9.65. The summed E-state index contributed by atoms with van der Waals surface area (Å²) in [5.74, 6) is 0.991. The van der Waals surface area contributed by atoms with Crippen molar-refractivity contribution in [1.29, 1.82) is 0 Å². The quantitative estimate of drug-likeness (QED) is 0.854. The molecule has 5 heteroatoms. The second kappa shape index (κ2) is 6.40. The maximum absolute atomic E-state index is 13.5. The zero-order chi connectivity index (χ0) is 15.3. The van der Waals surface area contributed by atoms with Crippen LogP contribution in [-0.4, -0.2) is 18.5 Å². The van der Waals surface area contributed by atoms with Crippen molar-refractivity contribution in [3.63, 3.8) is 0 Å². The van der Waals surface area contributed by atoms with Crippen LogP contribution >= 0.6 is 12.4 Å². The monoisotopic (exact) mass is 338 g/mol. The highest BCUT2D eigenvalue weighted by molar-refractivity contribution is 5.97. The van der Waals surface area contributed by atoms with Crippen LogP contribution in [-0.2, 0) is 11.2 Å². The number of halogens is 2. The summed E-state index contributed by atoms with van der Waals surface area (Å²) in [6.45, 7) is 0.690. The smallest absolute Gasteiger partial charge is 0.230 e. The minimum atomic E-state index is -0.263. The van der Waals surface area contributed by atoms with Crippen LogP contribution in [0.1, 0.15) is 37.7 Å². The Kier molecular flexibility index (Phi) is 4.65. The Morgan fingerprint density at radius 3 is 2.61 bits per heavy atom. The van der Waals surface area contributed by atoms with Gasteiger partial charge in [-0.05, 0) is 61.6 Å². The SMILES string of the molecule is Cl.NC1C2CCCC1CC(C(=O)N1CCc3ccc(F)cc31)C2. The number of carbonyl (C=O) groups is 1. The molecule has 2 unspecified atom stereocenters. The van der Waals surface area contributed by atoms with Crippen molar-refractivity contribution in [3.8, 4) is 0 Å². The number of hydrogen-bond acceptors (Lipinski definition) is 2. The molecule has 0 radical (unpaired) electrons. The van der Waals surface area contributed by atoms with E-state index in [4.69, 9.17) is 5.73 Å². The molecule has 126 valence electrons. The van der Waals surface area contributed by atoms with E-state index in [1.165, 1.54) is 18.6 Å². The Morgan fingerprint density at radius 1 is 1.22 bits per heavy atom. The maximum Gasteiger partial charge on any atom is 0.230 e. The van der Waals surface area contributed by atoms with Crippen LogP contribution in [0.5, 0.6) is 0 Å². The van der Waals surface area contributed by atoms with Crippen molar-refractivity contribution in [1.82, 2.24) is 0 Å². The summed E-state index contributed by atoms with van der Waals surface area (Å²) >= 11 is 0. The first-order valence-corrected chi connectivity index (χ1v) is 8.49. The molecule has 0 saturated heterocycles. The average Bonchev–Trinajstić information content (AvgIpc) is 2.89. The summed E-state index contributed by atoms with van der Waals surface area (Å²) in [4.78, 5) is 14.8. The van der Waals surface area contributed by atoms with Gasteiger partial charge in [0, 0.05) is 24.2 Å². The predicted octanol–water partition coefficient (Wildman–Crippen LogP) is 3.29. The summed E-state index contributed by atoms with van der Waals surface area (Å²) in [5, 5.41) is 0. The van der Waals surface area contributed by atoms with Gasteiger partial charge in [-0.15, -0.1) is 12.4 Å². The van der Waals surface area contributed by atoms with Gasteiger partial charge in [-0.2, -0.15) is 0 Å². The third-order valence-electron chi connectivity index (χ3n) is 5.97.